The molecule has 32 heavy (non-hydrogen) atoms. The Morgan fingerprint density at radius 3 is 2.38 bits per heavy atom. The lowest BCUT2D eigenvalue weighted by molar-refractivity contribution is -0.155. The van der Waals surface area contributed by atoms with E-state index in [1.54, 1.807) is 35.4 Å². The summed E-state index contributed by atoms with van der Waals surface area (Å²) in [6.07, 6.45) is 3.01. The summed E-state index contributed by atoms with van der Waals surface area (Å²) in [5.74, 6) is -1.40. The quantitative estimate of drug-likeness (QED) is 0.489. The van der Waals surface area contributed by atoms with Crippen molar-refractivity contribution in [3.63, 3.8) is 0 Å². The number of anilines is 1. The maximum atomic E-state index is 12.5. The third-order valence-corrected chi connectivity index (χ3v) is 4.53. The van der Waals surface area contributed by atoms with Gasteiger partial charge >= 0.3 is 6.18 Å². The van der Waals surface area contributed by atoms with Crippen molar-refractivity contribution in [2.45, 2.75) is 19.0 Å². The van der Waals surface area contributed by atoms with Gasteiger partial charge < -0.3 is 9.84 Å². The zero-order valence-electron chi connectivity index (χ0n) is 16.8. The van der Waals surface area contributed by atoms with Crippen molar-refractivity contribution in [2.24, 2.45) is 7.05 Å². The summed E-state index contributed by atoms with van der Waals surface area (Å²) >= 11 is 0. The van der Waals surface area contributed by atoms with Gasteiger partial charge in [0.1, 0.15) is 5.82 Å². The van der Waals surface area contributed by atoms with Gasteiger partial charge in [0.25, 0.3) is 0 Å². The second kappa shape index (κ2) is 8.61. The average molecular weight is 442 g/mol. The molecule has 1 aromatic carbocycles. The summed E-state index contributed by atoms with van der Waals surface area (Å²) < 4.78 is 43.5. The van der Waals surface area contributed by atoms with E-state index in [9.17, 15) is 18.0 Å². The summed E-state index contributed by atoms with van der Waals surface area (Å²) in [5.41, 5.74) is 3.38. The zero-order valence-corrected chi connectivity index (χ0v) is 16.8. The number of nitrogens with zero attached hydrogens (tertiary/aromatic N) is 5. The molecule has 3 aromatic heterocycles. The van der Waals surface area contributed by atoms with E-state index in [-0.39, 0.29) is 12.2 Å². The van der Waals surface area contributed by atoms with E-state index in [0.29, 0.717) is 23.9 Å². The third kappa shape index (κ3) is 5.17. The number of alkyl halides is 3. The number of aryl methyl sites for hydroxylation is 1. The first kappa shape index (κ1) is 21.2. The average Bonchev–Trinajstić information content (AvgIpc) is 3.38. The Kier molecular flexibility index (Phi) is 5.71. The lowest BCUT2D eigenvalue weighted by Gasteiger charge is -2.05. The van der Waals surface area contributed by atoms with Crippen molar-refractivity contribution in [1.29, 1.82) is 0 Å². The molecule has 0 bridgehead atoms. The molecular formula is C21H17F3N6O2. The maximum Gasteiger partial charge on any atom is 0.452 e. The summed E-state index contributed by atoms with van der Waals surface area (Å²) in [6, 6.07) is 7.78. The molecule has 0 saturated heterocycles. The van der Waals surface area contributed by atoms with Crippen LogP contribution in [0.4, 0.5) is 19.0 Å². The molecule has 0 aliphatic carbocycles. The monoisotopic (exact) mass is 442 g/mol. The van der Waals surface area contributed by atoms with Crippen molar-refractivity contribution in [2.75, 3.05) is 5.32 Å². The minimum Gasteiger partial charge on any atom is -0.349 e. The second-order valence-corrected chi connectivity index (χ2v) is 7.08. The number of aromatic nitrogens is 5. The van der Waals surface area contributed by atoms with E-state index in [4.69, 9.17) is 0 Å². The standard InChI is InChI=1S/C21H17F3N6O2/c1-30-12-14(9-27-30)6-18-25-10-16(11-26-18)15-4-2-13(3-5-15)7-20(31)28-19-8-17(32-29-19)21(22,23)24/h2-5,8-12H,6-7H2,1H3,(H,28,29,31). The summed E-state index contributed by atoms with van der Waals surface area (Å²) in [6.45, 7) is 0. The molecule has 4 aromatic rings. The Labute approximate surface area is 180 Å². The molecule has 4 rings (SSSR count). The van der Waals surface area contributed by atoms with E-state index < -0.39 is 17.8 Å². The zero-order chi connectivity index (χ0) is 22.7. The molecule has 0 saturated carbocycles. The highest BCUT2D eigenvalue weighted by atomic mass is 19.4. The second-order valence-electron chi connectivity index (χ2n) is 7.08. The topological polar surface area (TPSA) is 98.7 Å². The highest BCUT2D eigenvalue weighted by molar-refractivity contribution is 5.91. The van der Waals surface area contributed by atoms with Gasteiger partial charge in [-0.25, -0.2) is 9.97 Å². The van der Waals surface area contributed by atoms with Crippen molar-refractivity contribution < 1.29 is 22.5 Å². The lowest BCUT2D eigenvalue weighted by Crippen LogP contribution is -2.14. The van der Waals surface area contributed by atoms with E-state index in [1.807, 2.05) is 25.4 Å². The molecular weight excluding hydrogens is 425 g/mol. The van der Waals surface area contributed by atoms with Gasteiger partial charge in [-0.15, -0.1) is 0 Å². The van der Waals surface area contributed by atoms with Crippen LogP contribution in [0.3, 0.4) is 0 Å². The fourth-order valence-electron chi connectivity index (χ4n) is 3.00. The molecule has 0 unspecified atom stereocenters. The summed E-state index contributed by atoms with van der Waals surface area (Å²) in [7, 11) is 1.85. The van der Waals surface area contributed by atoms with Crippen LogP contribution in [0.1, 0.15) is 22.7 Å². The van der Waals surface area contributed by atoms with Gasteiger partial charge in [0.15, 0.2) is 5.82 Å². The fraction of sp³-hybridized carbons (Fsp3) is 0.190. The molecule has 164 valence electrons. The molecule has 0 atom stereocenters. The van der Waals surface area contributed by atoms with Gasteiger partial charge in [-0.2, -0.15) is 18.3 Å². The minimum atomic E-state index is -4.66. The Balaban J connectivity index is 1.35. The van der Waals surface area contributed by atoms with E-state index >= 15 is 0 Å². The van der Waals surface area contributed by atoms with Crippen molar-refractivity contribution in [3.05, 3.63) is 77.8 Å². The first-order valence-electron chi connectivity index (χ1n) is 9.48. The van der Waals surface area contributed by atoms with Gasteiger partial charge in [-0.3, -0.25) is 9.48 Å². The number of rotatable bonds is 6. The van der Waals surface area contributed by atoms with Crippen LogP contribution in [0, 0.1) is 0 Å². The van der Waals surface area contributed by atoms with Crippen molar-refractivity contribution in [1.82, 2.24) is 24.9 Å². The summed E-state index contributed by atoms with van der Waals surface area (Å²) in [4.78, 5) is 20.9. The smallest absolute Gasteiger partial charge is 0.349 e. The first-order chi connectivity index (χ1) is 15.3. The van der Waals surface area contributed by atoms with E-state index in [1.165, 1.54) is 0 Å². The van der Waals surface area contributed by atoms with Crippen LogP contribution in [0.25, 0.3) is 11.1 Å². The Bertz CT molecular complexity index is 1210. The van der Waals surface area contributed by atoms with E-state index in [2.05, 4.69) is 30.1 Å². The number of benzene rings is 1. The van der Waals surface area contributed by atoms with Crippen molar-refractivity contribution >= 4 is 11.7 Å². The molecule has 11 heteroatoms. The third-order valence-electron chi connectivity index (χ3n) is 4.53. The maximum absolute atomic E-state index is 12.5. The van der Waals surface area contributed by atoms with Crippen LogP contribution in [-0.2, 0) is 30.9 Å². The molecule has 1 amide bonds. The predicted molar refractivity (Wildman–Crippen MR) is 107 cm³/mol. The number of carbonyl (C=O) groups excluding carboxylic acids is 1. The van der Waals surface area contributed by atoms with Crippen LogP contribution >= 0.6 is 0 Å². The van der Waals surface area contributed by atoms with Crippen LogP contribution in [0.5, 0.6) is 0 Å². The first-order valence-corrected chi connectivity index (χ1v) is 9.48. The van der Waals surface area contributed by atoms with Gasteiger partial charge in [-0.05, 0) is 16.7 Å². The van der Waals surface area contributed by atoms with Crippen LogP contribution in [0.2, 0.25) is 0 Å². The number of amides is 1. The number of hydrogen-bond acceptors (Lipinski definition) is 6. The van der Waals surface area contributed by atoms with Gasteiger partial charge in [0.05, 0.1) is 12.6 Å². The normalized spacial score (nSPS) is 11.5. The molecule has 8 nitrogen and oxygen atoms in total. The van der Waals surface area contributed by atoms with E-state index in [0.717, 1.165) is 16.7 Å². The predicted octanol–water partition coefficient (Wildman–Crippen LogP) is 3.66. The highest BCUT2D eigenvalue weighted by Crippen LogP contribution is 2.30. The fourth-order valence-corrected chi connectivity index (χ4v) is 3.00. The highest BCUT2D eigenvalue weighted by Gasteiger charge is 2.36. The molecule has 0 spiro atoms. The Morgan fingerprint density at radius 1 is 1.06 bits per heavy atom. The molecule has 1 N–H and O–H groups in total. The van der Waals surface area contributed by atoms with Gasteiger partial charge in [0, 0.05) is 43.7 Å². The molecule has 0 radical (unpaired) electrons. The summed E-state index contributed by atoms with van der Waals surface area (Å²) in [5, 5.41) is 9.61. The lowest BCUT2D eigenvalue weighted by atomic mass is 10.0. The number of halogens is 3. The Hall–Kier alpha value is -4.02. The van der Waals surface area contributed by atoms with Crippen molar-refractivity contribution in [3.8, 4) is 11.1 Å². The molecule has 0 aliphatic rings. The minimum absolute atomic E-state index is 0.0327. The number of carbonyl (C=O) groups is 1. The molecule has 3 heterocycles. The largest absolute Gasteiger partial charge is 0.452 e. The van der Waals surface area contributed by atoms with Crippen LogP contribution < -0.4 is 5.32 Å². The van der Waals surface area contributed by atoms with Crippen LogP contribution in [-0.4, -0.2) is 30.8 Å². The number of nitrogens with one attached hydrogen (secondary N) is 1. The van der Waals surface area contributed by atoms with Gasteiger partial charge in [0.2, 0.25) is 11.7 Å². The molecule has 0 fully saturated rings. The SMILES string of the molecule is Cn1cc(Cc2ncc(-c3ccc(CC(=O)Nc4cc(C(F)(F)F)on4)cc3)cn2)cn1. The van der Waals surface area contributed by atoms with Gasteiger partial charge in [-0.1, -0.05) is 29.4 Å². The van der Waals surface area contributed by atoms with Crippen LogP contribution in [0.15, 0.2) is 59.6 Å². The molecule has 0 aliphatic heterocycles. The Morgan fingerprint density at radius 2 is 1.78 bits per heavy atom. The number of hydrogen-bond donors (Lipinski definition) is 1.